The number of pyridine rings is 2. The lowest BCUT2D eigenvalue weighted by atomic mass is 9.79. The van der Waals surface area contributed by atoms with Crippen LogP contribution < -0.4 is 14.5 Å². The van der Waals surface area contributed by atoms with E-state index < -0.39 is 0 Å². The summed E-state index contributed by atoms with van der Waals surface area (Å²) in [6, 6.07) is 37.3. The van der Waals surface area contributed by atoms with Gasteiger partial charge in [0, 0.05) is 48.0 Å². The van der Waals surface area contributed by atoms with Gasteiger partial charge in [0.15, 0.2) is 0 Å². The molecule has 4 aromatic carbocycles. The van der Waals surface area contributed by atoms with E-state index in [0.717, 1.165) is 40.3 Å². The summed E-state index contributed by atoms with van der Waals surface area (Å²) in [7, 11) is 2.12. The second-order valence-corrected chi connectivity index (χ2v) is 17.9. The Labute approximate surface area is 320 Å². The predicted octanol–water partition coefficient (Wildman–Crippen LogP) is 12.5. The number of anilines is 3. The lowest BCUT2D eigenvalue weighted by Crippen LogP contribution is -2.23. The molecule has 6 heteroatoms. The smallest absolute Gasteiger partial charge is 0.221 e. The highest BCUT2D eigenvalue weighted by Crippen LogP contribution is 2.42. The van der Waals surface area contributed by atoms with E-state index in [1.807, 2.05) is 24.5 Å². The van der Waals surface area contributed by atoms with Gasteiger partial charge in [-0.25, -0.2) is 9.97 Å². The van der Waals surface area contributed by atoms with E-state index in [4.69, 9.17) is 9.72 Å². The fourth-order valence-corrected chi connectivity index (χ4v) is 7.50. The summed E-state index contributed by atoms with van der Waals surface area (Å²) in [5.41, 5.74) is 11.9. The second kappa shape index (κ2) is 12.8. The van der Waals surface area contributed by atoms with Crippen molar-refractivity contribution >= 4 is 38.9 Å². The molecule has 0 radical (unpaired) electrons. The number of aromatic nitrogens is 3. The zero-order chi connectivity index (χ0) is 38.2. The van der Waals surface area contributed by atoms with Crippen molar-refractivity contribution < 1.29 is 4.74 Å². The fraction of sp³-hybridized carbons (Fsp3) is 0.292. The van der Waals surface area contributed by atoms with Gasteiger partial charge >= 0.3 is 0 Å². The highest BCUT2D eigenvalue weighted by Gasteiger charge is 2.25. The number of benzene rings is 4. The summed E-state index contributed by atoms with van der Waals surface area (Å²) in [5.74, 6) is 2.15. The van der Waals surface area contributed by atoms with Crippen molar-refractivity contribution in [2.24, 2.45) is 0 Å². The molecular formula is C48H51N5O. The number of fused-ring (bicyclic) bond motifs is 4. The lowest BCUT2D eigenvalue weighted by molar-refractivity contribution is 0.463. The molecule has 0 bridgehead atoms. The van der Waals surface area contributed by atoms with Gasteiger partial charge in [-0.1, -0.05) is 98.7 Å². The maximum Gasteiger partial charge on any atom is 0.221 e. The lowest BCUT2D eigenvalue weighted by Gasteiger charge is -2.26. The number of nitrogens with zero attached hydrogens (tertiary/aromatic N) is 5. The molecule has 3 aromatic heterocycles. The summed E-state index contributed by atoms with van der Waals surface area (Å²) >= 11 is 0. The first-order valence-corrected chi connectivity index (χ1v) is 19.0. The third-order valence-electron chi connectivity index (χ3n) is 10.8. The zero-order valence-corrected chi connectivity index (χ0v) is 33.3. The molecule has 54 heavy (non-hydrogen) atoms. The Kier molecular flexibility index (Phi) is 8.37. The van der Waals surface area contributed by atoms with Crippen molar-refractivity contribution in [2.75, 3.05) is 23.5 Å². The predicted molar refractivity (Wildman–Crippen MR) is 226 cm³/mol. The van der Waals surface area contributed by atoms with E-state index in [9.17, 15) is 0 Å². The van der Waals surface area contributed by atoms with E-state index in [1.165, 1.54) is 44.6 Å². The molecule has 1 aliphatic heterocycles. The molecule has 0 atom stereocenters. The van der Waals surface area contributed by atoms with E-state index in [-0.39, 0.29) is 16.2 Å². The van der Waals surface area contributed by atoms with Crippen molar-refractivity contribution in [1.82, 2.24) is 14.5 Å². The molecule has 0 spiro atoms. The second-order valence-electron chi connectivity index (χ2n) is 17.9. The minimum absolute atomic E-state index is 0.0257. The molecule has 0 saturated heterocycles. The number of hydrogen-bond donors (Lipinski definition) is 0. The van der Waals surface area contributed by atoms with Crippen LogP contribution in [0.3, 0.4) is 0 Å². The number of rotatable bonds is 5. The van der Waals surface area contributed by atoms with Gasteiger partial charge < -0.3 is 14.5 Å². The summed E-state index contributed by atoms with van der Waals surface area (Å²) in [5, 5.41) is 2.32. The zero-order valence-electron chi connectivity index (χ0n) is 33.3. The van der Waals surface area contributed by atoms with Gasteiger partial charge in [0.05, 0.1) is 29.1 Å². The van der Waals surface area contributed by atoms with Crippen molar-refractivity contribution in [3.8, 4) is 28.6 Å². The van der Waals surface area contributed by atoms with Crippen LogP contribution in [0.5, 0.6) is 11.6 Å². The maximum absolute atomic E-state index is 6.56. The SMILES string of the molecule is CN1CN(c2ccnc(Oc3ccc4c5cc(-c6cc(C(C)(C)C)cc(C(C)(C)C)c6)ccc5n(-c5cc(C(C)(C)C)ccn5)c4c3)c2)c2ccccc21. The molecule has 8 rings (SSSR count). The molecule has 1 aliphatic rings. The number of para-hydroxylation sites is 2. The molecule has 7 aromatic rings. The normalized spacial score (nSPS) is 13.6. The van der Waals surface area contributed by atoms with E-state index in [0.29, 0.717) is 5.88 Å². The molecule has 0 N–H and O–H groups in total. The first kappa shape index (κ1) is 35.4. The molecule has 0 amide bonds. The summed E-state index contributed by atoms with van der Waals surface area (Å²) in [6.45, 7) is 21.3. The molecule has 0 unspecified atom stereocenters. The van der Waals surface area contributed by atoms with Crippen LogP contribution in [0.15, 0.2) is 116 Å². The van der Waals surface area contributed by atoms with E-state index in [1.54, 1.807) is 0 Å². The van der Waals surface area contributed by atoms with E-state index in [2.05, 4.69) is 180 Å². The van der Waals surface area contributed by atoms with Crippen LogP contribution in [0.4, 0.5) is 17.1 Å². The highest BCUT2D eigenvalue weighted by molar-refractivity contribution is 6.10. The third-order valence-corrected chi connectivity index (χ3v) is 10.8. The van der Waals surface area contributed by atoms with Crippen LogP contribution in [0, 0.1) is 0 Å². The third kappa shape index (κ3) is 6.48. The molecular weight excluding hydrogens is 663 g/mol. The molecule has 274 valence electrons. The van der Waals surface area contributed by atoms with Gasteiger partial charge in [0.1, 0.15) is 11.6 Å². The fourth-order valence-electron chi connectivity index (χ4n) is 7.50. The number of hydrogen-bond acceptors (Lipinski definition) is 5. The summed E-state index contributed by atoms with van der Waals surface area (Å²) in [4.78, 5) is 14.1. The molecule has 4 heterocycles. The Morgan fingerprint density at radius 1 is 0.556 bits per heavy atom. The minimum Gasteiger partial charge on any atom is -0.439 e. The van der Waals surface area contributed by atoms with Gasteiger partial charge in [0.2, 0.25) is 5.88 Å². The highest BCUT2D eigenvalue weighted by atomic mass is 16.5. The van der Waals surface area contributed by atoms with Crippen LogP contribution in [0.1, 0.15) is 79.0 Å². The summed E-state index contributed by atoms with van der Waals surface area (Å²) in [6.07, 6.45) is 3.75. The monoisotopic (exact) mass is 713 g/mol. The van der Waals surface area contributed by atoms with Gasteiger partial charge in [-0.2, -0.15) is 0 Å². The first-order valence-electron chi connectivity index (χ1n) is 19.0. The van der Waals surface area contributed by atoms with Crippen LogP contribution in [0.25, 0.3) is 38.8 Å². The Balaban J connectivity index is 1.26. The van der Waals surface area contributed by atoms with Gasteiger partial charge in [-0.15, -0.1) is 0 Å². The summed E-state index contributed by atoms with van der Waals surface area (Å²) < 4.78 is 8.85. The molecule has 0 aliphatic carbocycles. The van der Waals surface area contributed by atoms with Gasteiger partial charge in [-0.05, 0) is 98.7 Å². The van der Waals surface area contributed by atoms with Crippen molar-refractivity contribution in [3.63, 3.8) is 0 Å². The van der Waals surface area contributed by atoms with Crippen LogP contribution in [-0.2, 0) is 16.2 Å². The van der Waals surface area contributed by atoms with Crippen molar-refractivity contribution in [3.05, 3.63) is 132 Å². The standard InChI is InChI=1S/C48H51N5O/c1-46(2,3)33-19-21-49-44(27-33)53-40-18-15-31(32-23-34(47(4,5)6)26-35(24-32)48(7,8)9)25-39(40)38-17-16-37(29-43(38)53)54-45-28-36(20-22-50-45)52-30-51(10)41-13-11-12-14-42(41)52/h11-29H,30H2,1-10H3. The topological polar surface area (TPSA) is 46.4 Å². The quantitative estimate of drug-likeness (QED) is 0.178. The average molecular weight is 714 g/mol. The molecule has 6 nitrogen and oxygen atoms in total. The van der Waals surface area contributed by atoms with Crippen molar-refractivity contribution in [2.45, 2.75) is 78.6 Å². The Bertz CT molecular complexity index is 2510. The van der Waals surface area contributed by atoms with Gasteiger partial charge in [0.25, 0.3) is 0 Å². The minimum atomic E-state index is -0.0257. The van der Waals surface area contributed by atoms with Gasteiger partial charge in [-0.3, -0.25) is 4.57 Å². The Hall–Kier alpha value is -5.62. The molecule has 0 saturated carbocycles. The average Bonchev–Trinajstić information content (AvgIpc) is 3.64. The van der Waals surface area contributed by atoms with Crippen molar-refractivity contribution in [1.29, 1.82) is 0 Å². The molecule has 0 fully saturated rings. The van der Waals surface area contributed by atoms with E-state index >= 15 is 0 Å². The van der Waals surface area contributed by atoms with Crippen LogP contribution >= 0.6 is 0 Å². The Morgan fingerprint density at radius 2 is 1.24 bits per heavy atom. The van der Waals surface area contributed by atoms with Crippen LogP contribution in [0.2, 0.25) is 0 Å². The first-order chi connectivity index (χ1) is 25.5. The maximum atomic E-state index is 6.56. The number of ether oxygens (including phenoxy) is 1. The van der Waals surface area contributed by atoms with Crippen LogP contribution in [-0.4, -0.2) is 28.3 Å². The Morgan fingerprint density at radius 3 is 1.94 bits per heavy atom. The largest absolute Gasteiger partial charge is 0.439 e.